The summed E-state index contributed by atoms with van der Waals surface area (Å²) in [6, 6.07) is 10.9. The van der Waals surface area contributed by atoms with Crippen molar-refractivity contribution in [1.29, 1.82) is 0 Å². The lowest BCUT2D eigenvalue weighted by Crippen LogP contribution is -2.20. The number of aromatic nitrogens is 4. The Labute approximate surface area is 179 Å². The Morgan fingerprint density at radius 1 is 1.20 bits per heavy atom. The molecule has 0 radical (unpaired) electrons. The van der Waals surface area contributed by atoms with Crippen LogP contribution in [0.15, 0.2) is 64.8 Å². The molecule has 0 spiro atoms. The summed E-state index contributed by atoms with van der Waals surface area (Å²) in [5.41, 5.74) is 1.55. The first-order valence-corrected chi connectivity index (χ1v) is 10.2. The van der Waals surface area contributed by atoms with E-state index in [0.717, 1.165) is 17.3 Å². The van der Waals surface area contributed by atoms with Crippen LogP contribution in [0.5, 0.6) is 0 Å². The number of carbonyl (C=O) groups excluding carboxylic acids is 1. The van der Waals surface area contributed by atoms with Crippen LogP contribution in [0.4, 0.5) is 10.1 Å². The number of carbonyl (C=O) groups is 1. The number of benzene rings is 2. The van der Waals surface area contributed by atoms with E-state index >= 15 is 0 Å². The van der Waals surface area contributed by atoms with E-state index in [1.807, 2.05) is 13.0 Å². The van der Waals surface area contributed by atoms with E-state index in [1.54, 1.807) is 24.4 Å². The molecule has 0 bridgehead atoms. The zero-order valence-electron chi connectivity index (χ0n) is 15.7. The van der Waals surface area contributed by atoms with Crippen molar-refractivity contribution in [1.82, 2.24) is 19.2 Å². The van der Waals surface area contributed by atoms with E-state index in [0.29, 0.717) is 21.6 Å². The number of aryl methyl sites for hydroxylation is 1. The largest absolute Gasteiger partial charge is 0.325 e. The van der Waals surface area contributed by atoms with Crippen LogP contribution in [0.2, 0.25) is 5.02 Å². The molecule has 0 atom stereocenters. The molecular formula is C20H15ClFN5O2S. The molecule has 0 aliphatic rings. The predicted octanol–water partition coefficient (Wildman–Crippen LogP) is 3.71. The molecule has 2 heterocycles. The van der Waals surface area contributed by atoms with Gasteiger partial charge in [0, 0.05) is 23.1 Å². The topological polar surface area (TPSA) is 81.3 Å². The SMILES string of the molecule is Cc1ccc(Cl)cc1NC(=O)CSc1nnc2c(=O)n(-c3cccc(F)c3)ccn12. The number of rotatable bonds is 5. The minimum Gasteiger partial charge on any atom is -0.325 e. The Morgan fingerprint density at radius 2 is 2.03 bits per heavy atom. The van der Waals surface area contributed by atoms with Gasteiger partial charge in [0.05, 0.1) is 11.4 Å². The summed E-state index contributed by atoms with van der Waals surface area (Å²) in [6.45, 7) is 1.87. The summed E-state index contributed by atoms with van der Waals surface area (Å²) in [6.07, 6.45) is 3.11. The zero-order valence-corrected chi connectivity index (χ0v) is 17.2. The van der Waals surface area contributed by atoms with Gasteiger partial charge in [-0.1, -0.05) is 35.5 Å². The molecule has 4 rings (SSSR count). The van der Waals surface area contributed by atoms with Crippen LogP contribution in [-0.4, -0.2) is 30.8 Å². The van der Waals surface area contributed by atoms with Crippen LogP contribution in [0, 0.1) is 12.7 Å². The van der Waals surface area contributed by atoms with E-state index in [2.05, 4.69) is 15.5 Å². The molecule has 7 nitrogen and oxygen atoms in total. The summed E-state index contributed by atoms with van der Waals surface area (Å²) < 4.78 is 16.3. The third-order valence-electron chi connectivity index (χ3n) is 4.33. The van der Waals surface area contributed by atoms with E-state index in [-0.39, 0.29) is 17.3 Å². The lowest BCUT2D eigenvalue weighted by atomic mass is 10.2. The zero-order chi connectivity index (χ0) is 21.3. The van der Waals surface area contributed by atoms with Crippen molar-refractivity contribution in [2.45, 2.75) is 12.1 Å². The minimum atomic E-state index is -0.446. The highest BCUT2D eigenvalue weighted by Gasteiger charge is 2.14. The van der Waals surface area contributed by atoms with Crippen LogP contribution >= 0.6 is 23.4 Å². The van der Waals surface area contributed by atoms with E-state index in [9.17, 15) is 14.0 Å². The maximum absolute atomic E-state index is 13.5. The lowest BCUT2D eigenvalue weighted by molar-refractivity contribution is -0.113. The maximum Gasteiger partial charge on any atom is 0.300 e. The number of halogens is 2. The van der Waals surface area contributed by atoms with Crippen molar-refractivity contribution in [2.24, 2.45) is 0 Å². The number of fused-ring (bicyclic) bond motifs is 1. The second kappa shape index (κ2) is 8.29. The Hall–Kier alpha value is -3.17. The van der Waals surface area contributed by atoms with Crippen molar-refractivity contribution in [3.05, 3.63) is 81.6 Å². The fraction of sp³-hybridized carbons (Fsp3) is 0.100. The van der Waals surface area contributed by atoms with Gasteiger partial charge in [-0.15, -0.1) is 10.2 Å². The fourth-order valence-corrected chi connectivity index (χ4v) is 3.73. The number of nitrogens with zero attached hydrogens (tertiary/aromatic N) is 4. The molecule has 0 unspecified atom stereocenters. The van der Waals surface area contributed by atoms with Crippen LogP contribution < -0.4 is 10.9 Å². The molecule has 1 N–H and O–H groups in total. The number of hydrogen-bond acceptors (Lipinski definition) is 5. The van der Waals surface area contributed by atoms with Gasteiger partial charge in [0.25, 0.3) is 0 Å². The van der Waals surface area contributed by atoms with E-state index in [4.69, 9.17) is 11.6 Å². The van der Waals surface area contributed by atoms with Gasteiger partial charge in [0.2, 0.25) is 11.6 Å². The average molecular weight is 444 g/mol. The average Bonchev–Trinajstić information content (AvgIpc) is 3.13. The van der Waals surface area contributed by atoms with Crippen molar-refractivity contribution >= 4 is 40.6 Å². The summed E-state index contributed by atoms with van der Waals surface area (Å²) in [7, 11) is 0. The second-order valence-corrected chi connectivity index (χ2v) is 7.80. The van der Waals surface area contributed by atoms with Gasteiger partial charge < -0.3 is 5.32 Å². The number of thioether (sulfide) groups is 1. The quantitative estimate of drug-likeness (QED) is 0.475. The second-order valence-electron chi connectivity index (χ2n) is 6.43. The number of nitrogens with one attached hydrogen (secondary N) is 1. The van der Waals surface area contributed by atoms with Gasteiger partial charge in [0.15, 0.2) is 5.16 Å². The first kappa shape index (κ1) is 20.1. The predicted molar refractivity (Wildman–Crippen MR) is 114 cm³/mol. The van der Waals surface area contributed by atoms with Gasteiger partial charge in [0.1, 0.15) is 5.82 Å². The molecule has 30 heavy (non-hydrogen) atoms. The molecule has 10 heteroatoms. The van der Waals surface area contributed by atoms with Gasteiger partial charge in [-0.3, -0.25) is 18.6 Å². The molecular weight excluding hydrogens is 429 g/mol. The van der Waals surface area contributed by atoms with E-state index < -0.39 is 11.4 Å². The first-order valence-electron chi connectivity index (χ1n) is 8.83. The van der Waals surface area contributed by atoms with Crippen molar-refractivity contribution in [3.8, 4) is 5.69 Å². The highest BCUT2D eigenvalue weighted by Crippen LogP contribution is 2.21. The van der Waals surface area contributed by atoms with Gasteiger partial charge >= 0.3 is 5.56 Å². The van der Waals surface area contributed by atoms with Crippen molar-refractivity contribution < 1.29 is 9.18 Å². The molecule has 4 aromatic rings. The fourth-order valence-electron chi connectivity index (χ4n) is 2.84. The molecule has 152 valence electrons. The summed E-state index contributed by atoms with van der Waals surface area (Å²) >= 11 is 7.12. The summed E-state index contributed by atoms with van der Waals surface area (Å²) in [5.74, 6) is -0.618. The molecule has 0 aliphatic carbocycles. The van der Waals surface area contributed by atoms with E-state index in [1.165, 1.54) is 33.4 Å². The monoisotopic (exact) mass is 443 g/mol. The molecule has 0 saturated carbocycles. The highest BCUT2D eigenvalue weighted by atomic mass is 35.5. The minimum absolute atomic E-state index is 0.0692. The van der Waals surface area contributed by atoms with Gasteiger partial charge in [-0.2, -0.15) is 0 Å². The molecule has 2 aromatic heterocycles. The molecule has 2 aromatic carbocycles. The van der Waals surface area contributed by atoms with Crippen LogP contribution in [0.1, 0.15) is 5.56 Å². The molecule has 1 amide bonds. The smallest absolute Gasteiger partial charge is 0.300 e. The number of hydrogen-bond donors (Lipinski definition) is 1. The Kier molecular flexibility index (Phi) is 5.56. The van der Waals surface area contributed by atoms with Crippen LogP contribution in [0.25, 0.3) is 11.3 Å². The number of amides is 1. The lowest BCUT2D eigenvalue weighted by Gasteiger charge is -2.08. The maximum atomic E-state index is 13.5. The van der Waals surface area contributed by atoms with Crippen LogP contribution in [-0.2, 0) is 4.79 Å². The Balaban J connectivity index is 1.53. The summed E-state index contributed by atoms with van der Waals surface area (Å²) in [4.78, 5) is 25.0. The molecule has 0 saturated heterocycles. The Bertz CT molecular complexity index is 1320. The normalized spacial score (nSPS) is 11.0. The van der Waals surface area contributed by atoms with Gasteiger partial charge in [-0.05, 0) is 42.8 Å². The Morgan fingerprint density at radius 3 is 2.83 bits per heavy atom. The van der Waals surface area contributed by atoms with Gasteiger partial charge in [-0.25, -0.2) is 4.39 Å². The molecule has 0 fully saturated rings. The number of anilines is 1. The van der Waals surface area contributed by atoms with Crippen LogP contribution in [0.3, 0.4) is 0 Å². The summed E-state index contributed by atoms with van der Waals surface area (Å²) in [5, 5.41) is 11.7. The third kappa shape index (κ3) is 4.07. The first-order chi connectivity index (χ1) is 14.4. The van der Waals surface area contributed by atoms with Crippen molar-refractivity contribution in [2.75, 3.05) is 11.1 Å². The molecule has 0 aliphatic heterocycles. The third-order valence-corrected chi connectivity index (χ3v) is 5.51. The standard InChI is InChI=1S/C20H15ClFN5O2S/c1-12-5-6-13(21)9-16(12)23-17(28)11-30-20-25-24-18-19(29)26(7-8-27(18)20)15-4-2-3-14(22)10-15/h2-10H,11H2,1H3,(H,23,28). The van der Waals surface area contributed by atoms with Crippen molar-refractivity contribution in [3.63, 3.8) is 0 Å². The highest BCUT2D eigenvalue weighted by molar-refractivity contribution is 7.99.